The number of alkyl halides is 3. The maximum absolute atomic E-state index is 12.3. The number of guanidine groups is 1. The lowest BCUT2D eigenvalue weighted by Gasteiger charge is -2.26. The van der Waals surface area contributed by atoms with E-state index in [2.05, 4.69) is 20.5 Å². The van der Waals surface area contributed by atoms with Gasteiger partial charge in [0.1, 0.15) is 5.75 Å². The van der Waals surface area contributed by atoms with E-state index in [4.69, 9.17) is 9.47 Å². The number of hydrogen-bond acceptors (Lipinski definition) is 4. The van der Waals surface area contributed by atoms with Gasteiger partial charge >= 0.3 is 6.18 Å². The number of morpholine rings is 1. The van der Waals surface area contributed by atoms with E-state index in [-0.39, 0.29) is 5.75 Å². The van der Waals surface area contributed by atoms with E-state index in [1.165, 1.54) is 6.07 Å². The topological polar surface area (TPSA) is 58.1 Å². The van der Waals surface area contributed by atoms with Crippen molar-refractivity contribution in [1.82, 2.24) is 15.5 Å². The zero-order valence-electron chi connectivity index (χ0n) is 15.5. The van der Waals surface area contributed by atoms with Gasteiger partial charge in [-0.1, -0.05) is 12.1 Å². The van der Waals surface area contributed by atoms with Crippen molar-refractivity contribution in [3.8, 4) is 5.75 Å². The predicted octanol–water partition coefficient (Wildman–Crippen LogP) is 2.01. The van der Waals surface area contributed by atoms with E-state index in [0.29, 0.717) is 12.5 Å². The highest BCUT2D eigenvalue weighted by Gasteiger charge is 2.28. The highest BCUT2D eigenvalue weighted by atomic mass is 19.4. The van der Waals surface area contributed by atoms with Crippen LogP contribution in [0.4, 0.5) is 13.2 Å². The summed E-state index contributed by atoms with van der Waals surface area (Å²) in [6.45, 7) is 6.78. The Morgan fingerprint density at radius 3 is 2.74 bits per heavy atom. The monoisotopic (exact) mass is 388 g/mol. The second-order valence-corrected chi connectivity index (χ2v) is 6.13. The first-order valence-electron chi connectivity index (χ1n) is 9.07. The largest absolute Gasteiger partial charge is 0.484 e. The lowest BCUT2D eigenvalue weighted by Crippen LogP contribution is -2.44. The first-order chi connectivity index (χ1) is 13.0. The van der Waals surface area contributed by atoms with Crippen LogP contribution in [0.3, 0.4) is 0 Å². The average Bonchev–Trinajstić information content (AvgIpc) is 2.65. The first kappa shape index (κ1) is 21.3. The summed E-state index contributed by atoms with van der Waals surface area (Å²) in [7, 11) is 0. The van der Waals surface area contributed by atoms with Crippen molar-refractivity contribution in [3.05, 3.63) is 29.8 Å². The van der Waals surface area contributed by atoms with Crippen molar-refractivity contribution in [1.29, 1.82) is 0 Å². The molecule has 0 radical (unpaired) electrons. The maximum Gasteiger partial charge on any atom is 0.422 e. The molecule has 0 aliphatic carbocycles. The van der Waals surface area contributed by atoms with Crippen molar-refractivity contribution in [2.45, 2.75) is 19.6 Å². The number of halogens is 3. The molecule has 27 heavy (non-hydrogen) atoms. The molecule has 0 aromatic heterocycles. The molecule has 0 atom stereocenters. The van der Waals surface area contributed by atoms with Gasteiger partial charge in [-0.3, -0.25) is 4.90 Å². The van der Waals surface area contributed by atoms with E-state index >= 15 is 0 Å². The Balaban J connectivity index is 1.83. The lowest BCUT2D eigenvalue weighted by atomic mass is 10.2. The predicted molar refractivity (Wildman–Crippen MR) is 98.1 cm³/mol. The highest BCUT2D eigenvalue weighted by molar-refractivity contribution is 5.79. The van der Waals surface area contributed by atoms with Gasteiger partial charge < -0.3 is 20.1 Å². The van der Waals surface area contributed by atoms with E-state index in [9.17, 15) is 13.2 Å². The van der Waals surface area contributed by atoms with Crippen LogP contribution in [-0.4, -0.2) is 69.6 Å². The SMILES string of the molecule is CCNC(=NCc1cccc(OCC(F)(F)F)c1)NCCN1CCOCC1. The molecule has 0 amide bonds. The third-order valence-electron chi connectivity index (χ3n) is 3.89. The smallest absolute Gasteiger partial charge is 0.422 e. The molecule has 6 nitrogen and oxygen atoms in total. The quantitative estimate of drug-likeness (QED) is 0.527. The molecule has 0 saturated carbocycles. The van der Waals surface area contributed by atoms with Crippen LogP contribution in [0.2, 0.25) is 0 Å². The molecular weight excluding hydrogens is 361 g/mol. The summed E-state index contributed by atoms with van der Waals surface area (Å²) in [5, 5.41) is 6.44. The minimum atomic E-state index is -4.35. The van der Waals surface area contributed by atoms with E-state index < -0.39 is 12.8 Å². The molecule has 0 bridgehead atoms. The molecule has 1 fully saturated rings. The van der Waals surface area contributed by atoms with Crippen LogP contribution < -0.4 is 15.4 Å². The molecule has 2 rings (SSSR count). The Bertz CT molecular complexity index is 590. The van der Waals surface area contributed by atoms with Crippen LogP contribution in [0, 0.1) is 0 Å². The Morgan fingerprint density at radius 1 is 1.26 bits per heavy atom. The summed E-state index contributed by atoms with van der Waals surface area (Å²) in [5.74, 6) is 0.859. The molecule has 1 aliphatic heterocycles. The average molecular weight is 388 g/mol. The van der Waals surface area contributed by atoms with Crippen LogP contribution >= 0.6 is 0 Å². The van der Waals surface area contributed by atoms with Crippen molar-refractivity contribution < 1.29 is 22.6 Å². The molecule has 0 spiro atoms. The van der Waals surface area contributed by atoms with E-state index in [1.54, 1.807) is 18.2 Å². The minimum absolute atomic E-state index is 0.185. The van der Waals surface area contributed by atoms with Crippen LogP contribution in [0.25, 0.3) is 0 Å². The van der Waals surface area contributed by atoms with Gasteiger partial charge in [-0.2, -0.15) is 13.2 Å². The molecule has 1 aromatic rings. The minimum Gasteiger partial charge on any atom is -0.484 e. The zero-order chi connectivity index (χ0) is 19.5. The molecule has 1 heterocycles. The fraction of sp³-hybridized carbons (Fsp3) is 0.611. The van der Waals surface area contributed by atoms with Crippen LogP contribution in [0.5, 0.6) is 5.75 Å². The molecule has 1 aliphatic rings. The summed E-state index contributed by atoms with van der Waals surface area (Å²) in [6, 6.07) is 6.55. The molecule has 0 unspecified atom stereocenters. The fourth-order valence-corrected chi connectivity index (χ4v) is 2.57. The second kappa shape index (κ2) is 11.0. The zero-order valence-corrected chi connectivity index (χ0v) is 15.5. The van der Waals surface area contributed by atoms with Crippen LogP contribution in [-0.2, 0) is 11.3 Å². The Kier molecular flexibility index (Phi) is 8.66. The number of nitrogens with one attached hydrogen (secondary N) is 2. The second-order valence-electron chi connectivity index (χ2n) is 6.13. The van der Waals surface area contributed by atoms with E-state index in [0.717, 1.165) is 51.5 Å². The summed E-state index contributed by atoms with van der Waals surface area (Å²) in [4.78, 5) is 6.81. The normalized spacial score (nSPS) is 16.2. The van der Waals surface area contributed by atoms with Gasteiger partial charge in [0.2, 0.25) is 0 Å². The molecular formula is C18H27F3N4O2. The first-order valence-corrected chi connectivity index (χ1v) is 9.07. The molecule has 9 heteroatoms. The lowest BCUT2D eigenvalue weighted by molar-refractivity contribution is -0.153. The molecule has 1 saturated heterocycles. The number of benzene rings is 1. The number of aliphatic imine (C=N–C) groups is 1. The molecule has 2 N–H and O–H groups in total. The number of nitrogens with zero attached hydrogens (tertiary/aromatic N) is 2. The van der Waals surface area contributed by atoms with E-state index in [1.807, 2.05) is 6.92 Å². The summed E-state index contributed by atoms with van der Waals surface area (Å²) < 4.78 is 46.9. The van der Waals surface area contributed by atoms with Gasteiger partial charge in [-0.05, 0) is 24.6 Å². The van der Waals surface area contributed by atoms with Gasteiger partial charge in [0.25, 0.3) is 0 Å². The van der Waals surface area contributed by atoms with Gasteiger partial charge in [-0.25, -0.2) is 4.99 Å². The summed E-state index contributed by atoms with van der Waals surface area (Å²) in [6.07, 6.45) is -4.35. The van der Waals surface area contributed by atoms with Gasteiger partial charge in [-0.15, -0.1) is 0 Å². The van der Waals surface area contributed by atoms with Crippen molar-refractivity contribution in [3.63, 3.8) is 0 Å². The maximum atomic E-state index is 12.3. The Hall–Kier alpha value is -2.00. The molecule has 152 valence electrons. The summed E-state index contributed by atoms with van der Waals surface area (Å²) >= 11 is 0. The van der Waals surface area contributed by atoms with Crippen LogP contribution in [0.1, 0.15) is 12.5 Å². The van der Waals surface area contributed by atoms with Gasteiger partial charge in [0, 0.05) is 32.7 Å². The highest BCUT2D eigenvalue weighted by Crippen LogP contribution is 2.19. The summed E-state index contributed by atoms with van der Waals surface area (Å²) in [5.41, 5.74) is 0.778. The van der Waals surface area contributed by atoms with Gasteiger partial charge in [0.15, 0.2) is 12.6 Å². The van der Waals surface area contributed by atoms with Crippen molar-refractivity contribution in [2.24, 2.45) is 4.99 Å². The number of hydrogen-bond donors (Lipinski definition) is 2. The van der Waals surface area contributed by atoms with Crippen LogP contribution in [0.15, 0.2) is 29.3 Å². The number of rotatable bonds is 8. The van der Waals surface area contributed by atoms with Crippen molar-refractivity contribution >= 4 is 5.96 Å². The third-order valence-corrected chi connectivity index (χ3v) is 3.89. The fourth-order valence-electron chi connectivity index (χ4n) is 2.57. The molecule has 1 aromatic carbocycles. The third kappa shape index (κ3) is 8.96. The standard InChI is InChI=1S/C18H27F3N4O2/c1-2-22-17(23-6-7-25-8-10-26-11-9-25)24-13-15-4-3-5-16(12-15)27-14-18(19,20)21/h3-5,12H,2,6-11,13-14H2,1H3,(H2,22,23,24). The van der Waals surface area contributed by atoms with Gasteiger partial charge in [0.05, 0.1) is 19.8 Å². The Morgan fingerprint density at radius 2 is 2.04 bits per heavy atom. The van der Waals surface area contributed by atoms with Crippen molar-refractivity contribution in [2.75, 3.05) is 52.5 Å². The Labute approximate surface area is 157 Å². The number of ether oxygens (including phenoxy) is 2.